The Morgan fingerprint density at radius 2 is 2.19 bits per heavy atom. The zero-order chi connectivity index (χ0) is 15.1. The van der Waals surface area contributed by atoms with Crippen LogP contribution in [-0.2, 0) is 20.9 Å². The van der Waals surface area contributed by atoms with Crippen LogP contribution >= 0.6 is 0 Å². The highest BCUT2D eigenvalue weighted by Gasteiger charge is 2.14. The molecule has 0 unspecified atom stereocenters. The summed E-state index contributed by atoms with van der Waals surface area (Å²) in [6.07, 6.45) is 4.37. The van der Waals surface area contributed by atoms with Gasteiger partial charge >= 0.3 is 5.97 Å². The molecule has 1 aromatic rings. The van der Waals surface area contributed by atoms with Gasteiger partial charge in [0.1, 0.15) is 5.82 Å². The molecular weight excluding hydrogens is 275 g/mol. The van der Waals surface area contributed by atoms with E-state index in [1.54, 1.807) is 6.07 Å². The van der Waals surface area contributed by atoms with Gasteiger partial charge in [0.25, 0.3) is 0 Å². The summed E-state index contributed by atoms with van der Waals surface area (Å²) in [4.78, 5) is 10.6. The fourth-order valence-corrected chi connectivity index (χ4v) is 2.26. The molecule has 114 valence electrons. The first-order valence-corrected chi connectivity index (χ1v) is 7.00. The lowest BCUT2D eigenvalue weighted by Gasteiger charge is -2.21. The molecule has 0 spiro atoms. The van der Waals surface area contributed by atoms with Crippen LogP contribution in [0, 0.1) is 11.7 Å². The van der Waals surface area contributed by atoms with Crippen molar-refractivity contribution >= 4 is 12.0 Å². The monoisotopic (exact) mass is 294 g/mol. The van der Waals surface area contributed by atoms with Gasteiger partial charge in [-0.25, -0.2) is 9.18 Å². The molecule has 1 N–H and O–H groups in total. The summed E-state index contributed by atoms with van der Waals surface area (Å²) in [6, 6.07) is 4.29. The second-order valence-electron chi connectivity index (χ2n) is 5.09. The zero-order valence-corrected chi connectivity index (χ0v) is 11.8. The molecule has 0 amide bonds. The van der Waals surface area contributed by atoms with Crippen LogP contribution in [0.15, 0.2) is 24.3 Å². The highest BCUT2D eigenvalue weighted by atomic mass is 19.1. The second-order valence-corrected chi connectivity index (χ2v) is 5.09. The molecule has 0 bridgehead atoms. The SMILES string of the molecule is O=C(O)C=Cc1cc(F)ccc1COCC1CCOCC1. The molecule has 0 atom stereocenters. The van der Waals surface area contributed by atoms with Crippen molar-refractivity contribution in [3.63, 3.8) is 0 Å². The van der Waals surface area contributed by atoms with Crippen LogP contribution < -0.4 is 0 Å². The lowest BCUT2D eigenvalue weighted by atomic mass is 10.0. The lowest BCUT2D eigenvalue weighted by molar-refractivity contribution is -0.131. The van der Waals surface area contributed by atoms with E-state index in [1.165, 1.54) is 18.2 Å². The number of aliphatic carboxylic acids is 1. The first-order chi connectivity index (χ1) is 10.1. The van der Waals surface area contributed by atoms with Gasteiger partial charge in [0.05, 0.1) is 13.2 Å². The first kappa shape index (κ1) is 15.7. The van der Waals surface area contributed by atoms with Crippen LogP contribution in [0.1, 0.15) is 24.0 Å². The van der Waals surface area contributed by atoms with E-state index < -0.39 is 11.8 Å². The third kappa shape index (κ3) is 5.28. The predicted molar refractivity (Wildman–Crippen MR) is 76.3 cm³/mol. The van der Waals surface area contributed by atoms with Crippen molar-refractivity contribution < 1.29 is 23.8 Å². The topological polar surface area (TPSA) is 55.8 Å². The molecule has 1 saturated heterocycles. The molecule has 1 aromatic carbocycles. The van der Waals surface area contributed by atoms with Crippen LogP contribution in [0.25, 0.3) is 6.08 Å². The van der Waals surface area contributed by atoms with E-state index in [4.69, 9.17) is 14.6 Å². The molecule has 0 aromatic heterocycles. The van der Waals surface area contributed by atoms with Gasteiger partial charge in [0, 0.05) is 19.3 Å². The average molecular weight is 294 g/mol. The maximum atomic E-state index is 13.2. The summed E-state index contributed by atoms with van der Waals surface area (Å²) < 4.78 is 24.2. The summed E-state index contributed by atoms with van der Waals surface area (Å²) >= 11 is 0. The molecule has 2 rings (SSSR count). The van der Waals surface area contributed by atoms with Crippen molar-refractivity contribution in [2.45, 2.75) is 19.4 Å². The molecule has 5 heteroatoms. The molecule has 4 nitrogen and oxygen atoms in total. The zero-order valence-electron chi connectivity index (χ0n) is 11.8. The number of carboxylic acid groups (broad SMARTS) is 1. The molecule has 21 heavy (non-hydrogen) atoms. The van der Waals surface area contributed by atoms with E-state index in [9.17, 15) is 9.18 Å². The van der Waals surface area contributed by atoms with Gasteiger partial charge in [-0.3, -0.25) is 0 Å². The normalized spacial score (nSPS) is 16.4. The summed E-state index contributed by atoms with van der Waals surface area (Å²) in [5, 5.41) is 8.66. The van der Waals surface area contributed by atoms with Gasteiger partial charge in [-0.15, -0.1) is 0 Å². The Hall–Kier alpha value is -1.72. The van der Waals surface area contributed by atoms with Gasteiger partial charge in [0.15, 0.2) is 0 Å². The second kappa shape index (κ2) is 7.90. The Morgan fingerprint density at radius 1 is 1.43 bits per heavy atom. The summed E-state index contributed by atoms with van der Waals surface area (Å²) in [5.74, 6) is -0.959. The minimum atomic E-state index is -1.06. The van der Waals surface area contributed by atoms with Gasteiger partial charge in [-0.2, -0.15) is 0 Å². The van der Waals surface area contributed by atoms with Gasteiger partial charge in [-0.05, 0) is 48.1 Å². The van der Waals surface area contributed by atoms with E-state index >= 15 is 0 Å². The van der Waals surface area contributed by atoms with Crippen molar-refractivity contribution in [2.75, 3.05) is 19.8 Å². The highest BCUT2D eigenvalue weighted by Crippen LogP contribution is 2.18. The third-order valence-corrected chi connectivity index (χ3v) is 3.47. The number of halogens is 1. The largest absolute Gasteiger partial charge is 0.478 e. The molecule has 0 saturated carbocycles. The number of ether oxygens (including phenoxy) is 2. The number of carboxylic acids is 1. The van der Waals surface area contributed by atoms with Crippen LogP contribution in [0.2, 0.25) is 0 Å². The summed E-state index contributed by atoms with van der Waals surface area (Å²) in [5.41, 5.74) is 1.31. The number of hydrogen-bond donors (Lipinski definition) is 1. The molecule has 0 radical (unpaired) electrons. The molecule has 0 aliphatic carbocycles. The van der Waals surface area contributed by atoms with Crippen LogP contribution in [-0.4, -0.2) is 30.9 Å². The van der Waals surface area contributed by atoms with E-state index in [1.807, 2.05) is 0 Å². The fourth-order valence-electron chi connectivity index (χ4n) is 2.26. The van der Waals surface area contributed by atoms with Crippen molar-refractivity contribution in [2.24, 2.45) is 5.92 Å². The molecule has 1 fully saturated rings. The van der Waals surface area contributed by atoms with Gasteiger partial charge in [-0.1, -0.05) is 6.07 Å². The van der Waals surface area contributed by atoms with E-state index in [0.29, 0.717) is 24.7 Å². The lowest BCUT2D eigenvalue weighted by Crippen LogP contribution is -2.20. The van der Waals surface area contributed by atoms with E-state index in [2.05, 4.69) is 0 Å². The quantitative estimate of drug-likeness (QED) is 0.820. The van der Waals surface area contributed by atoms with Crippen LogP contribution in [0.4, 0.5) is 4.39 Å². The Kier molecular flexibility index (Phi) is 5.90. The molecule has 1 heterocycles. The maximum Gasteiger partial charge on any atom is 0.328 e. The van der Waals surface area contributed by atoms with Crippen molar-refractivity contribution in [3.8, 4) is 0 Å². The molecular formula is C16H19FO4. The summed E-state index contributed by atoms with van der Waals surface area (Å²) in [6.45, 7) is 2.54. The van der Waals surface area contributed by atoms with E-state index in [-0.39, 0.29) is 0 Å². The highest BCUT2D eigenvalue weighted by molar-refractivity contribution is 5.85. The van der Waals surface area contributed by atoms with Crippen molar-refractivity contribution in [3.05, 3.63) is 41.2 Å². The average Bonchev–Trinajstić information content (AvgIpc) is 2.48. The summed E-state index contributed by atoms with van der Waals surface area (Å²) in [7, 11) is 0. The third-order valence-electron chi connectivity index (χ3n) is 3.47. The number of hydrogen-bond acceptors (Lipinski definition) is 3. The Labute approximate surface area is 123 Å². The standard InChI is InChI=1S/C16H19FO4/c17-15-3-1-14(13(9-15)2-4-16(18)19)11-21-10-12-5-7-20-8-6-12/h1-4,9,12H,5-8,10-11H2,(H,18,19). The Morgan fingerprint density at radius 3 is 2.90 bits per heavy atom. The molecule has 1 aliphatic rings. The van der Waals surface area contributed by atoms with Gasteiger partial charge < -0.3 is 14.6 Å². The molecule has 1 aliphatic heterocycles. The number of rotatable bonds is 6. The smallest absolute Gasteiger partial charge is 0.328 e. The fraction of sp³-hybridized carbons (Fsp3) is 0.438. The predicted octanol–water partition coefficient (Wildman–Crippen LogP) is 2.87. The maximum absolute atomic E-state index is 13.2. The number of benzene rings is 1. The van der Waals surface area contributed by atoms with E-state index in [0.717, 1.165) is 37.7 Å². The van der Waals surface area contributed by atoms with Crippen LogP contribution in [0.5, 0.6) is 0 Å². The van der Waals surface area contributed by atoms with Crippen molar-refractivity contribution in [1.82, 2.24) is 0 Å². The number of carbonyl (C=O) groups is 1. The minimum absolute atomic E-state index is 0.344. The van der Waals surface area contributed by atoms with Crippen LogP contribution in [0.3, 0.4) is 0 Å². The van der Waals surface area contributed by atoms with Crippen molar-refractivity contribution in [1.29, 1.82) is 0 Å². The first-order valence-electron chi connectivity index (χ1n) is 7.00. The Balaban J connectivity index is 1.93. The van der Waals surface area contributed by atoms with Gasteiger partial charge in [0.2, 0.25) is 0 Å². The Bertz CT molecular complexity index is 507. The minimum Gasteiger partial charge on any atom is -0.478 e.